The maximum Gasteiger partial charge on any atom is 0.159 e. The Morgan fingerprint density at radius 2 is 1.11 bits per heavy atom. The van der Waals surface area contributed by atoms with Crippen LogP contribution in [0.4, 0.5) is 0 Å². The molecular formula is C32H50N2O2. The molecule has 36 heavy (non-hydrogen) atoms. The molecule has 0 N–H and O–H groups in total. The van der Waals surface area contributed by atoms with Gasteiger partial charge in [0.05, 0.1) is 25.6 Å². The summed E-state index contributed by atoms with van der Waals surface area (Å²) in [4.78, 5) is 8.99. The zero-order valence-corrected chi connectivity index (χ0v) is 22.9. The van der Waals surface area contributed by atoms with E-state index >= 15 is 0 Å². The molecule has 0 aliphatic heterocycles. The highest BCUT2D eigenvalue weighted by atomic mass is 16.5. The fraction of sp³-hybridized carbons (Fsp3) is 0.688. The quantitative estimate of drug-likeness (QED) is 0.153. The minimum Gasteiger partial charge on any atom is -0.494 e. The Morgan fingerprint density at radius 1 is 0.611 bits per heavy atom. The summed E-state index contributed by atoms with van der Waals surface area (Å²) in [5, 5.41) is 0. The maximum atomic E-state index is 5.93. The van der Waals surface area contributed by atoms with Gasteiger partial charge in [0.15, 0.2) is 11.6 Å². The molecule has 1 aromatic carbocycles. The Morgan fingerprint density at radius 3 is 1.67 bits per heavy atom. The summed E-state index contributed by atoms with van der Waals surface area (Å²) in [6.07, 6.45) is 27.9. The molecule has 0 saturated heterocycles. The van der Waals surface area contributed by atoms with Gasteiger partial charge in [-0.05, 0) is 43.0 Å². The van der Waals surface area contributed by atoms with E-state index < -0.39 is 0 Å². The largest absolute Gasteiger partial charge is 0.494 e. The standard InChI is InChI=1S/C32H50N2O2/c1-2-3-4-5-6-7-8-9-12-15-24-35-30-22-20-29(21-23-30)32-33-26-31(27-34-32)36-25-16-13-10-11-14-17-28-18-19-28/h20-23,26-28H,2-19,24-25H2,1H3. The second-order valence-corrected chi connectivity index (χ2v) is 10.6. The van der Waals surface area contributed by atoms with E-state index in [0.29, 0.717) is 0 Å². The van der Waals surface area contributed by atoms with Crippen molar-refractivity contribution >= 4 is 0 Å². The zero-order valence-electron chi connectivity index (χ0n) is 22.9. The van der Waals surface area contributed by atoms with Gasteiger partial charge in [-0.2, -0.15) is 0 Å². The van der Waals surface area contributed by atoms with E-state index in [1.807, 2.05) is 24.3 Å². The molecule has 1 aliphatic carbocycles. The lowest BCUT2D eigenvalue weighted by atomic mass is 10.1. The van der Waals surface area contributed by atoms with Crippen LogP contribution in [0.2, 0.25) is 0 Å². The molecular weight excluding hydrogens is 444 g/mol. The lowest BCUT2D eigenvalue weighted by molar-refractivity contribution is 0.302. The van der Waals surface area contributed by atoms with Gasteiger partial charge in [-0.15, -0.1) is 0 Å². The minimum absolute atomic E-state index is 0.722. The maximum absolute atomic E-state index is 5.93. The molecule has 0 spiro atoms. The fourth-order valence-corrected chi connectivity index (χ4v) is 4.68. The van der Waals surface area contributed by atoms with Gasteiger partial charge < -0.3 is 9.47 Å². The number of aromatic nitrogens is 2. The number of unbranched alkanes of at least 4 members (excludes halogenated alkanes) is 13. The highest BCUT2D eigenvalue weighted by molar-refractivity contribution is 5.56. The molecule has 4 heteroatoms. The van der Waals surface area contributed by atoms with Crippen molar-refractivity contribution in [2.75, 3.05) is 13.2 Å². The lowest BCUT2D eigenvalue weighted by Gasteiger charge is -2.08. The summed E-state index contributed by atoms with van der Waals surface area (Å²) in [6.45, 7) is 3.81. The molecule has 1 saturated carbocycles. The van der Waals surface area contributed by atoms with Crippen molar-refractivity contribution < 1.29 is 9.47 Å². The topological polar surface area (TPSA) is 44.2 Å². The molecule has 0 bridgehead atoms. The van der Waals surface area contributed by atoms with E-state index in [2.05, 4.69) is 16.9 Å². The van der Waals surface area contributed by atoms with Crippen molar-refractivity contribution in [2.45, 2.75) is 122 Å². The van der Waals surface area contributed by atoms with Crippen molar-refractivity contribution in [3.63, 3.8) is 0 Å². The third-order valence-electron chi connectivity index (χ3n) is 7.23. The van der Waals surface area contributed by atoms with E-state index in [9.17, 15) is 0 Å². The van der Waals surface area contributed by atoms with Crippen molar-refractivity contribution in [3.8, 4) is 22.9 Å². The number of ether oxygens (including phenoxy) is 2. The average Bonchev–Trinajstić information content (AvgIpc) is 3.74. The van der Waals surface area contributed by atoms with Crippen LogP contribution in [-0.4, -0.2) is 23.2 Å². The van der Waals surface area contributed by atoms with Crippen molar-refractivity contribution in [2.24, 2.45) is 5.92 Å². The normalized spacial score (nSPS) is 13.1. The van der Waals surface area contributed by atoms with Gasteiger partial charge in [0.2, 0.25) is 0 Å². The monoisotopic (exact) mass is 494 g/mol. The first kappa shape index (κ1) is 28.5. The first-order chi connectivity index (χ1) is 17.8. The summed E-state index contributed by atoms with van der Waals surface area (Å²) in [5.74, 6) is 3.46. The van der Waals surface area contributed by atoms with Crippen molar-refractivity contribution in [3.05, 3.63) is 36.7 Å². The Bertz CT molecular complexity index is 787. The molecule has 1 aliphatic rings. The van der Waals surface area contributed by atoms with Crippen LogP contribution in [0.25, 0.3) is 11.4 Å². The van der Waals surface area contributed by atoms with E-state index in [4.69, 9.17) is 9.47 Å². The molecule has 2 aromatic rings. The molecule has 0 atom stereocenters. The number of rotatable bonds is 22. The van der Waals surface area contributed by atoms with Gasteiger partial charge in [-0.1, -0.05) is 110 Å². The van der Waals surface area contributed by atoms with E-state index in [1.165, 1.54) is 103 Å². The van der Waals surface area contributed by atoms with Crippen LogP contribution >= 0.6 is 0 Å². The Kier molecular flexibility index (Phi) is 14.4. The molecule has 200 valence electrons. The van der Waals surface area contributed by atoms with Crippen LogP contribution in [0, 0.1) is 5.92 Å². The molecule has 0 radical (unpaired) electrons. The van der Waals surface area contributed by atoms with Crippen LogP contribution in [-0.2, 0) is 0 Å². The summed E-state index contributed by atoms with van der Waals surface area (Å²) in [5.41, 5.74) is 0.999. The van der Waals surface area contributed by atoms with Crippen molar-refractivity contribution in [1.82, 2.24) is 9.97 Å². The van der Waals surface area contributed by atoms with Crippen LogP contribution < -0.4 is 9.47 Å². The second-order valence-electron chi connectivity index (χ2n) is 10.6. The highest BCUT2D eigenvalue weighted by Crippen LogP contribution is 2.34. The van der Waals surface area contributed by atoms with Crippen molar-refractivity contribution in [1.29, 1.82) is 0 Å². The third kappa shape index (κ3) is 12.7. The van der Waals surface area contributed by atoms with Crippen LogP contribution in [0.3, 0.4) is 0 Å². The number of hydrogen-bond donors (Lipinski definition) is 0. The van der Waals surface area contributed by atoms with E-state index in [0.717, 1.165) is 54.9 Å². The number of hydrogen-bond acceptors (Lipinski definition) is 4. The molecule has 3 rings (SSSR count). The Labute approximate surface area is 220 Å². The van der Waals surface area contributed by atoms with Gasteiger partial charge >= 0.3 is 0 Å². The molecule has 4 nitrogen and oxygen atoms in total. The molecule has 1 fully saturated rings. The molecule has 0 amide bonds. The smallest absolute Gasteiger partial charge is 0.159 e. The average molecular weight is 495 g/mol. The second kappa shape index (κ2) is 18.2. The van der Waals surface area contributed by atoms with Crippen LogP contribution in [0.5, 0.6) is 11.5 Å². The van der Waals surface area contributed by atoms with Gasteiger partial charge in [-0.3, -0.25) is 0 Å². The predicted molar refractivity (Wildman–Crippen MR) is 151 cm³/mol. The molecule has 1 heterocycles. The number of nitrogens with zero attached hydrogens (tertiary/aromatic N) is 2. The highest BCUT2D eigenvalue weighted by Gasteiger charge is 2.19. The summed E-state index contributed by atoms with van der Waals surface area (Å²) < 4.78 is 11.8. The molecule has 0 unspecified atom stereocenters. The third-order valence-corrected chi connectivity index (χ3v) is 7.23. The van der Waals surface area contributed by atoms with Gasteiger partial charge in [0.25, 0.3) is 0 Å². The van der Waals surface area contributed by atoms with Gasteiger partial charge in [0, 0.05) is 5.56 Å². The fourth-order valence-electron chi connectivity index (χ4n) is 4.68. The predicted octanol–water partition coefficient (Wildman–Crippen LogP) is 9.57. The summed E-state index contributed by atoms with van der Waals surface area (Å²) in [6, 6.07) is 8.11. The van der Waals surface area contributed by atoms with Gasteiger partial charge in [0.1, 0.15) is 5.75 Å². The SMILES string of the molecule is CCCCCCCCCCCCOc1ccc(-c2ncc(OCCCCCCCC3CC3)cn2)cc1. The Hall–Kier alpha value is -2.10. The zero-order chi connectivity index (χ0) is 25.1. The Balaban J connectivity index is 1.20. The van der Waals surface area contributed by atoms with E-state index in [1.54, 1.807) is 12.4 Å². The first-order valence-corrected chi connectivity index (χ1v) is 15.0. The number of benzene rings is 1. The van der Waals surface area contributed by atoms with Crippen LogP contribution in [0.1, 0.15) is 122 Å². The molecule has 1 aromatic heterocycles. The first-order valence-electron chi connectivity index (χ1n) is 15.0. The van der Waals surface area contributed by atoms with E-state index in [-0.39, 0.29) is 0 Å². The lowest BCUT2D eigenvalue weighted by Crippen LogP contribution is -1.99. The minimum atomic E-state index is 0.722. The summed E-state index contributed by atoms with van der Waals surface area (Å²) >= 11 is 0. The van der Waals surface area contributed by atoms with Crippen LogP contribution in [0.15, 0.2) is 36.7 Å². The summed E-state index contributed by atoms with van der Waals surface area (Å²) in [7, 11) is 0. The van der Waals surface area contributed by atoms with Gasteiger partial charge in [-0.25, -0.2) is 9.97 Å².